The Hall–Kier alpha value is -0.900. The summed E-state index contributed by atoms with van der Waals surface area (Å²) in [4.78, 5) is 16.8. The molecule has 0 spiro atoms. The Morgan fingerprint density at radius 1 is 1.26 bits per heavy atom. The van der Waals surface area contributed by atoms with Crippen LogP contribution in [0.2, 0.25) is 5.02 Å². The van der Waals surface area contributed by atoms with E-state index in [9.17, 15) is 4.79 Å². The molecule has 1 aromatic rings. The summed E-state index contributed by atoms with van der Waals surface area (Å²) in [6.07, 6.45) is 0. The first-order chi connectivity index (χ1) is 8.88. The molecule has 1 heterocycles. The molecule has 1 aliphatic rings. The van der Waals surface area contributed by atoms with Crippen LogP contribution in [0.1, 0.15) is 24.2 Å². The largest absolute Gasteiger partial charge is 0.299 e. The quantitative estimate of drug-likeness (QED) is 0.795. The van der Waals surface area contributed by atoms with E-state index in [4.69, 9.17) is 11.6 Å². The number of likely N-dealkylation sites (N-methyl/N-ethyl adjacent to an activating group) is 1. The predicted molar refractivity (Wildman–Crippen MR) is 78.9 cm³/mol. The SMILES string of the molecule is CN1CCN(CC(=O)c2ccc(Cl)cc2)CC1(C)C. The first-order valence-corrected chi connectivity index (χ1v) is 6.99. The molecule has 2 rings (SSSR count). The molecule has 0 aromatic heterocycles. The zero-order valence-corrected chi connectivity index (χ0v) is 12.6. The average molecular weight is 281 g/mol. The van der Waals surface area contributed by atoms with Crippen LogP contribution in [0, 0.1) is 0 Å². The van der Waals surface area contributed by atoms with Gasteiger partial charge in [-0.2, -0.15) is 0 Å². The zero-order valence-electron chi connectivity index (χ0n) is 11.8. The Morgan fingerprint density at radius 3 is 2.47 bits per heavy atom. The van der Waals surface area contributed by atoms with Crippen molar-refractivity contribution in [2.75, 3.05) is 33.2 Å². The third-order valence-electron chi connectivity index (χ3n) is 3.93. The first-order valence-electron chi connectivity index (χ1n) is 6.61. The van der Waals surface area contributed by atoms with Crippen molar-refractivity contribution in [3.05, 3.63) is 34.9 Å². The Morgan fingerprint density at radius 2 is 1.89 bits per heavy atom. The molecule has 0 radical (unpaired) electrons. The van der Waals surface area contributed by atoms with E-state index < -0.39 is 0 Å². The zero-order chi connectivity index (χ0) is 14.0. The predicted octanol–water partition coefficient (Wildman–Crippen LogP) is 2.55. The van der Waals surface area contributed by atoms with E-state index in [1.165, 1.54) is 0 Å². The van der Waals surface area contributed by atoms with Gasteiger partial charge in [0, 0.05) is 35.8 Å². The summed E-state index contributed by atoms with van der Waals surface area (Å²) in [5.41, 5.74) is 0.861. The Kier molecular flexibility index (Phi) is 4.29. The van der Waals surface area contributed by atoms with Crippen LogP contribution in [0.15, 0.2) is 24.3 Å². The molecule has 0 aliphatic carbocycles. The van der Waals surface area contributed by atoms with Crippen LogP contribution in [-0.2, 0) is 0 Å². The second-order valence-electron chi connectivity index (χ2n) is 5.87. The van der Waals surface area contributed by atoms with Gasteiger partial charge in [0.1, 0.15) is 0 Å². The van der Waals surface area contributed by atoms with Gasteiger partial charge in [0.05, 0.1) is 6.54 Å². The molecule has 0 amide bonds. The summed E-state index contributed by atoms with van der Waals surface area (Å²) in [6, 6.07) is 7.13. The van der Waals surface area contributed by atoms with Gasteiger partial charge in [-0.1, -0.05) is 11.6 Å². The maximum absolute atomic E-state index is 12.2. The van der Waals surface area contributed by atoms with Gasteiger partial charge in [-0.3, -0.25) is 14.6 Å². The highest BCUT2D eigenvalue weighted by molar-refractivity contribution is 6.30. The van der Waals surface area contributed by atoms with Gasteiger partial charge < -0.3 is 0 Å². The standard InChI is InChI=1S/C15H21ClN2O/c1-15(2)11-18(9-8-17(15)3)10-14(19)12-4-6-13(16)7-5-12/h4-7H,8-11H2,1-3H3. The second-order valence-corrected chi connectivity index (χ2v) is 6.31. The van der Waals surface area contributed by atoms with Crippen LogP contribution < -0.4 is 0 Å². The Balaban J connectivity index is 1.98. The Labute approximate surface area is 120 Å². The minimum absolute atomic E-state index is 0.124. The Bertz CT molecular complexity index is 456. The van der Waals surface area contributed by atoms with Gasteiger partial charge in [-0.05, 0) is 45.2 Å². The number of nitrogens with zero attached hydrogens (tertiary/aromatic N) is 2. The highest BCUT2D eigenvalue weighted by Crippen LogP contribution is 2.19. The molecule has 0 saturated carbocycles. The number of ketones is 1. The monoisotopic (exact) mass is 280 g/mol. The number of piperazine rings is 1. The number of carbonyl (C=O) groups excluding carboxylic acids is 1. The van der Waals surface area contributed by atoms with Crippen molar-refractivity contribution >= 4 is 17.4 Å². The van der Waals surface area contributed by atoms with Crippen LogP contribution in [0.4, 0.5) is 0 Å². The van der Waals surface area contributed by atoms with Crippen LogP contribution in [-0.4, -0.2) is 54.3 Å². The first kappa shape index (κ1) is 14.5. The third kappa shape index (κ3) is 3.56. The number of Topliss-reactive ketones (excluding diaryl/α,β-unsaturated/α-hetero) is 1. The van der Waals surface area contributed by atoms with Crippen molar-refractivity contribution in [3.8, 4) is 0 Å². The summed E-state index contributed by atoms with van der Waals surface area (Å²) in [5, 5.41) is 0.664. The second kappa shape index (κ2) is 5.61. The normalized spacial score (nSPS) is 20.4. The molecule has 0 unspecified atom stereocenters. The van der Waals surface area contributed by atoms with Gasteiger partial charge in [-0.25, -0.2) is 0 Å². The lowest BCUT2D eigenvalue weighted by Gasteiger charge is -2.45. The summed E-state index contributed by atoms with van der Waals surface area (Å²) in [6.45, 7) is 7.78. The molecule has 0 bridgehead atoms. The summed E-state index contributed by atoms with van der Waals surface area (Å²) in [7, 11) is 2.14. The third-order valence-corrected chi connectivity index (χ3v) is 4.18. The van der Waals surface area contributed by atoms with Gasteiger partial charge in [-0.15, -0.1) is 0 Å². The molecule has 19 heavy (non-hydrogen) atoms. The van der Waals surface area contributed by atoms with E-state index in [1.807, 2.05) is 0 Å². The topological polar surface area (TPSA) is 23.6 Å². The molecule has 3 nitrogen and oxygen atoms in total. The summed E-state index contributed by atoms with van der Waals surface area (Å²) in [5.74, 6) is 0.164. The minimum atomic E-state index is 0.124. The molecule has 4 heteroatoms. The van der Waals surface area contributed by atoms with Crippen LogP contribution in [0.5, 0.6) is 0 Å². The minimum Gasteiger partial charge on any atom is -0.299 e. The van der Waals surface area contributed by atoms with E-state index in [2.05, 4.69) is 30.7 Å². The maximum atomic E-state index is 12.2. The van der Waals surface area contributed by atoms with E-state index >= 15 is 0 Å². The lowest BCUT2D eigenvalue weighted by Crippen LogP contribution is -2.58. The van der Waals surface area contributed by atoms with E-state index in [0.717, 1.165) is 25.2 Å². The summed E-state index contributed by atoms with van der Waals surface area (Å²) >= 11 is 5.83. The van der Waals surface area contributed by atoms with Crippen molar-refractivity contribution in [1.29, 1.82) is 0 Å². The lowest BCUT2D eigenvalue weighted by molar-refractivity contribution is 0.0390. The molecular weight excluding hydrogens is 260 g/mol. The lowest BCUT2D eigenvalue weighted by atomic mass is 9.99. The molecular formula is C15H21ClN2O. The summed E-state index contributed by atoms with van der Waals surface area (Å²) < 4.78 is 0. The van der Waals surface area contributed by atoms with Gasteiger partial charge >= 0.3 is 0 Å². The molecule has 0 atom stereocenters. The van der Waals surface area contributed by atoms with Crippen LogP contribution >= 0.6 is 11.6 Å². The molecule has 1 aliphatic heterocycles. The number of hydrogen-bond acceptors (Lipinski definition) is 3. The molecule has 1 aromatic carbocycles. The van der Waals surface area contributed by atoms with Crippen LogP contribution in [0.25, 0.3) is 0 Å². The smallest absolute Gasteiger partial charge is 0.176 e. The van der Waals surface area contributed by atoms with Crippen molar-refractivity contribution in [3.63, 3.8) is 0 Å². The van der Waals surface area contributed by atoms with Crippen molar-refractivity contribution in [1.82, 2.24) is 9.80 Å². The van der Waals surface area contributed by atoms with Crippen molar-refractivity contribution < 1.29 is 4.79 Å². The van der Waals surface area contributed by atoms with Gasteiger partial charge in [0.2, 0.25) is 0 Å². The number of hydrogen-bond donors (Lipinski definition) is 0. The van der Waals surface area contributed by atoms with E-state index in [1.54, 1.807) is 24.3 Å². The number of halogens is 1. The maximum Gasteiger partial charge on any atom is 0.176 e. The fourth-order valence-electron chi connectivity index (χ4n) is 2.41. The van der Waals surface area contributed by atoms with E-state index in [0.29, 0.717) is 11.6 Å². The van der Waals surface area contributed by atoms with Gasteiger partial charge in [0.15, 0.2) is 5.78 Å². The number of carbonyl (C=O) groups is 1. The molecule has 1 fully saturated rings. The van der Waals surface area contributed by atoms with E-state index in [-0.39, 0.29) is 11.3 Å². The fraction of sp³-hybridized carbons (Fsp3) is 0.533. The number of rotatable bonds is 3. The average Bonchev–Trinajstić information content (AvgIpc) is 2.34. The van der Waals surface area contributed by atoms with Gasteiger partial charge in [0.25, 0.3) is 0 Å². The number of benzene rings is 1. The molecule has 104 valence electrons. The molecule has 1 saturated heterocycles. The fourth-order valence-corrected chi connectivity index (χ4v) is 2.53. The van der Waals surface area contributed by atoms with Crippen molar-refractivity contribution in [2.24, 2.45) is 0 Å². The molecule has 0 N–H and O–H groups in total. The van der Waals surface area contributed by atoms with Crippen molar-refractivity contribution in [2.45, 2.75) is 19.4 Å². The highest BCUT2D eigenvalue weighted by Gasteiger charge is 2.31. The highest BCUT2D eigenvalue weighted by atomic mass is 35.5. The van der Waals surface area contributed by atoms with Crippen LogP contribution in [0.3, 0.4) is 0 Å².